The van der Waals surface area contributed by atoms with Gasteiger partial charge in [-0.15, -0.1) is 0 Å². The topological polar surface area (TPSA) is 148 Å². The van der Waals surface area contributed by atoms with Gasteiger partial charge in [0.2, 0.25) is 5.91 Å². The third kappa shape index (κ3) is 7.46. The Hall–Kier alpha value is -3.10. The van der Waals surface area contributed by atoms with Gasteiger partial charge in [0, 0.05) is 12.4 Å². The number of carbonyl (C=O) groups is 4. The molecule has 1 aromatic carbocycles. The standard InChI is InChI=1S/C14H16N2O7/c17-11(16-10(13(20)21)6-12(18)19)7-15-14(22)23-8-9-4-2-1-3-5-9/h1-5,10H,6-8H2,(H,15,22)(H,16,17)(H,18,19)(H,20,21)/p-2/t10-/m1/s1. The minimum absolute atomic E-state index is 0.000642. The highest BCUT2D eigenvalue weighted by molar-refractivity contribution is 5.87. The molecule has 0 bridgehead atoms. The van der Waals surface area contributed by atoms with E-state index in [9.17, 15) is 29.4 Å². The molecule has 0 aliphatic heterocycles. The van der Waals surface area contributed by atoms with Crippen LogP contribution in [0.15, 0.2) is 30.3 Å². The monoisotopic (exact) mass is 322 g/mol. The van der Waals surface area contributed by atoms with Crippen LogP contribution in [0.4, 0.5) is 4.79 Å². The number of carboxylic acids is 2. The lowest BCUT2D eigenvalue weighted by Crippen LogP contribution is -2.52. The lowest BCUT2D eigenvalue weighted by atomic mass is 10.2. The molecule has 0 aromatic heterocycles. The zero-order valence-electron chi connectivity index (χ0n) is 11.9. The largest absolute Gasteiger partial charge is 0.550 e. The van der Waals surface area contributed by atoms with Crippen LogP contribution in [0.1, 0.15) is 12.0 Å². The molecule has 2 N–H and O–H groups in total. The molecule has 9 nitrogen and oxygen atoms in total. The predicted octanol–water partition coefficient (Wildman–Crippen LogP) is -2.71. The molecule has 0 saturated carbocycles. The average molecular weight is 322 g/mol. The van der Waals surface area contributed by atoms with Gasteiger partial charge in [-0.1, -0.05) is 30.3 Å². The minimum Gasteiger partial charge on any atom is -0.550 e. The van der Waals surface area contributed by atoms with Crippen molar-refractivity contribution in [3.63, 3.8) is 0 Å². The van der Waals surface area contributed by atoms with Crippen molar-refractivity contribution >= 4 is 23.9 Å². The molecule has 1 rings (SSSR count). The zero-order chi connectivity index (χ0) is 17.2. The number of carbonyl (C=O) groups excluding carboxylic acids is 4. The van der Waals surface area contributed by atoms with E-state index in [0.29, 0.717) is 0 Å². The third-order valence-electron chi connectivity index (χ3n) is 2.60. The molecule has 0 aliphatic rings. The Kier molecular flexibility index (Phi) is 7.05. The van der Waals surface area contributed by atoms with Crippen LogP contribution in [-0.2, 0) is 25.7 Å². The van der Waals surface area contributed by atoms with Crippen molar-refractivity contribution in [3.05, 3.63) is 35.9 Å². The van der Waals surface area contributed by atoms with E-state index in [4.69, 9.17) is 4.74 Å². The van der Waals surface area contributed by atoms with E-state index in [2.05, 4.69) is 5.32 Å². The van der Waals surface area contributed by atoms with Crippen molar-refractivity contribution in [2.24, 2.45) is 0 Å². The Bertz CT molecular complexity index is 574. The van der Waals surface area contributed by atoms with E-state index in [1.807, 2.05) is 5.32 Å². The van der Waals surface area contributed by atoms with E-state index >= 15 is 0 Å². The number of ether oxygens (including phenoxy) is 1. The number of rotatable bonds is 8. The van der Waals surface area contributed by atoms with Crippen molar-refractivity contribution in [1.29, 1.82) is 0 Å². The fourth-order valence-corrected chi connectivity index (χ4v) is 1.53. The summed E-state index contributed by atoms with van der Waals surface area (Å²) >= 11 is 0. The van der Waals surface area contributed by atoms with Gasteiger partial charge in [0.1, 0.15) is 13.2 Å². The summed E-state index contributed by atoms with van der Waals surface area (Å²) < 4.78 is 4.83. The molecule has 124 valence electrons. The molecule has 1 aromatic rings. The van der Waals surface area contributed by atoms with Crippen molar-refractivity contribution in [3.8, 4) is 0 Å². The van der Waals surface area contributed by atoms with Crippen molar-refractivity contribution in [2.45, 2.75) is 19.1 Å². The molecule has 0 fully saturated rings. The predicted molar refractivity (Wildman–Crippen MR) is 71.2 cm³/mol. The van der Waals surface area contributed by atoms with E-state index in [1.165, 1.54) is 0 Å². The summed E-state index contributed by atoms with van der Waals surface area (Å²) in [7, 11) is 0. The number of amides is 2. The van der Waals surface area contributed by atoms with Crippen LogP contribution in [0.5, 0.6) is 0 Å². The fraction of sp³-hybridized carbons (Fsp3) is 0.286. The van der Waals surface area contributed by atoms with Crippen LogP contribution in [0, 0.1) is 0 Å². The molecule has 23 heavy (non-hydrogen) atoms. The highest BCUT2D eigenvalue weighted by Gasteiger charge is 2.14. The summed E-state index contributed by atoms with van der Waals surface area (Å²) in [6, 6.07) is 7.07. The number of alkyl carbamates (subject to hydrolysis) is 1. The summed E-state index contributed by atoms with van der Waals surface area (Å²) in [5, 5.41) is 25.0. The van der Waals surface area contributed by atoms with E-state index in [-0.39, 0.29) is 6.61 Å². The Morgan fingerprint density at radius 2 is 1.74 bits per heavy atom. The van der Waals surface area contributed by atoms with Crippen molar-refractivity contribution < 1.29 is 34.1 Å². The van der Waals surface area contributed by atoms with Crippen molar-refractivity contribution in [2.75, 3.05) is 6.54 Å². The lowest BCUT2D eigenvalue weighted by molar-refractivity contribution is -0.317. The van der Waals surface area contributed by atoms with Gasteiger partial charge in [0.15, 0.2) is 0 Å². The SMILES string of the molecule is O=C([O-])C[C@@H](NC(=O)CNC(=O)OCc1ccccc1)C(=O)[O-]. The number of benzene rings is 1. The summed E-state index contributed by atoms with van der Waals surface area (Å²) in [6.45, 7) is -0.578. The first-order valence-electron chi connectivity index (χ1n) is 6.53. The zero-order valence-corrected chi connectivity index (χ0v) is 11.9. The molecule has 9 heteroatoms. The van der Waals surface area contributed by atoms with Gasteiger partial charge in [-0.05, 0) is 5.56 Å². The second-order valence-electron chi connectivity index (χ2n) is 4.43. The van der Waals surface area contributed by atoms with Gasteiger partial charge >= 0.3 is 6.09 Å². The van der Waals surface area contributed by atoms with E-state index in [0.717, 1.165) is 5.56 Å². The first kappa shape index (κ1) is 18.0. The van der Waals surface area contributed by atoms with Gasteiger partial charge in [-0.2, -0.15) is 0 Å². The molecule has 0 saturated heterocycles. The number of hydrogen-bond donors (Lipinski definition) is 2. The average Bonchev–Trinajstić information content (AvgIpc) is 2.50. The highest BCUT2D eigenvalue weighted by atomic mass is 16.5. The van der Waals surface area contributed by atoms with Gasteiger partial charge in [0.05, 0.1) is 12.0 Å². The quantitative estimate of drug-likeness (QED) is 0.528. The normalized spacial score (nSPS) is 11.1. The summed E-state index contributed by atoms with van der Waals surface area (Å²) in [5.41, 5.74) is 0.748. The molecular weight excluding hydrogens is 308 g/mol. The van der Waals surface area contributed by atoms with Gasteiger partial charge in [-0.3, -0.25) is 4.79 Å². The van der Waals surface area contributed by atoms with E-state index < -0.39 is 42.9 Å². The highest BCUT2D eigenvalue weighted by Crippen LogP contribution is 2.00. The molecule has 0 spiro atoms. The molecule has 0 heterocycles. The number of carboxylic acid groups (broad SMARTS) is 2. The third-order valence-corrected chi connectivity index (χ3v) is 2.60. The Labute approximate surface area is 131 Å². The summed E-state index contributed by atoms with van der Waals surface area (Å²) in [5.74, 6) is -4.33. The van der Waals surface area contributed by atoms with Gasteiger partial charge in [0.25, 0.3) is 0 Å². The molecule has 2 amide bonds. The lowest BCUT2D eigenvalue weighted by Gasteiger charge is -2.20. The van der Waals surface area contributed by atoms with Gasteiger partial charge < -0.3 is 35.2 Å². The van der Waals surface area contributed by atoms with E-state index in [1.54, 1.807) is 30.3 Å². The fourth-order valence-electron chi connectivity index (χ4n) is 1.53. The van der Waals surface area contributed by atoms with Gasteiger partial charge in [-0.25, -0.2) is 4.79 Å². The van der Waals surface area contributed by atoms with Crippen LogP contribution < -0.4 is 20.8 Å². The number of nitrogens with one attached hydrogen (secondary N) is 2. The molecule has 0 aliphatic carbocycles. The van der Waals surface area contributed by atoms with Crippen molar-refractivity contribution in [1.82, 2.24) is 10.6 Å². The summed E-state index contributed by atoms with van der Waals surface area (Å²) in [4.78, 5) is 43.8. The van der Waals surface area contributed by atoms with Crippen LogP contribution in [0.3, 0.4) is 0 Å². The van der Waals surface area contributed by atoms with Crippen LogP contribution >= 0.6 is 0 Å². The Balaban J connectivity index is 2.32. The maximum Gasteiger partial charge on any atom is 0.407 e. The number of hydrogen-bond acceptors (Lipinski definition) is 7. The minimum atomic E-state index is -1.77. The number of aliphatic carboxylic acids is 2. The molecule has 0 unspecified atom stereocenters. The second-order valence-corrected chi connectivity index (χ2v) is 4.43. The van der Waals surface area contributed by atoms with Crippen LogP contribution in [-0.4, -0.2) is 36.5 Å². The van der Waals surface area contributed by atoms with Crippen LogP contribution in [0.2, 0.25) is 0 Å². The molecular formula is C14H14N2O7-2. The second kappa shape index (κ2) is 9.03. The first-order valence-corrected chi connectivity index (χ1v) is 6.53. The maximum absolute atomic E-state index is 11.4. The smallest absolute Gasteiger partial charge is 0.407 e. The van der Waals surface area contributed by atoms with Crippen LogP contribution in [0.25, 0.3) is 0 Å². The molecule has 1 atom stereocenters. The first-order chi connectivity index (χ1) is 10.9. The molecule has 0 radical (unpaired) electrons. The maximum atomic E-state index is 11.4. The Morgan fingerprint density at radius 1 is 1.09 bits per heavy atom. The summed E-state index contributed by atoms with van der Waals surface area (Å²) in [6.07, 6.45) is -1.82. The Morgan fingerprint density at radius 3 is 2.30 bits per heavy atom.